The van der Waals surface area contributed by atoms with Crippen LogP contribution in [0, 0.1) is 89.1 Å². The Morgan fingerprint density at radius 2 is 0.212 bits per heavy atom. The van der Waals surface area contributed by atoms with Gasteiger partial charge >= 0.3 is 102 Å². The van der Waals surface area contributed by atoms with Gasteiger partial charge in [-0.2, -0.15) is 0 Å². The maximum absolute atomic E-state index is 5.53. The molecule has 13 heteroatoms. The van der Waals surface area contributed by atoms with Crippen molar-refractivity contribution in [3.63, 3.8) is 0 Å². The van der Waals surface area contributed by atoms with Crippen LogP contribution < -0.4 is 5.73 Å². The van der Waals surface area contributed by atoms with Gasteiger partial charge in [-0.25, -0.2) is 0 Å². The molecule has 12 rings (SSSR count). The van der Waals surface area contributed by atoms with Crippen LogP contribution in [0.2, 0.25) is 0 Å². The minimum atomic E-state index is 0. The molecule has 534 valence electrons. The van der Waals surface area contributed by atoms with Crippen LogP contribution in [0.1, 0.15) is 340 Å². The minimum Gasteiger partial charge on any atom is -0.358 e. The van der Waals surface area contributed by atoms with Crippen LogP contribution in [0.4, 0.5) is 0 Å². The molecular weight excluding hydrogens is 1980 g/mol. The molecule has 12 saturated carbocycles. The standard InChI is InChI=1S/6C5H9I.C5H11N.5C5H10.12CH3.6Fe/c7*6-5-3-1-2-4-5;5*1-2-4-5-3-1;;;;;;;;;;;;;;;;;;/h6*5H,1-4H2;5H,1-4,6H2;5*1-5H2;12*1H3;;;;;;/q;;;;;;;;;;;;12*-1;6*+2. The van der Waals surface area contributed by atoms with Crippen molar-refractivity contribution in [3.8, 4) is 0 Å². The molecule has 0 aromatic heterocycles. The van der Waals surface area contributed by atoms with Gasteiger partial charge in [0.2, 0.25) is 0 Å². The fraction of sp³-hybridized carbons (Fsp3) is 0.833. The number of hydrogen-bond donors (Lipinski definition) is 1. The fourth-order valence-electron chi connectivity index (χ4n) is 10.6. The predicted molar refractivity (Wildman–Crippen MR) is 436 cm³/mol. The number of nitrogens with two attached hydrogens (primary N) is 1. The predicted octanol–water partition coefficient (Wildman–Crippen LogP) is 30.2. The summed E-state index contributed by atoms with van der Waals surface area (Å²) in [6, 6.07) is 0.546. The smallest absolute Gasteiger partial charge is 0.358 e. The first-order chi connectivity index (χ1) is 32.8. The van der Waals surface area contributed by atoms with Crippen LogP contribution in [0.15, 0.2) is 0 Å². The average Bonchev–Trinajstić information content (AvgIpc) is 4.16. The van der Waals surface area contributed by atoms with E-state index in [2.05, 4.69) is 136 Å². The maximum atomic E-state index is 5.53. The second-order valence-electron chi connectivity index (χ2n) is 22.2. The van der Waals surface area contributed by atoms with Gasteiger partial charge in [-0.15, -0.1) is 0 Å². The fourth-order valence-corrected chi connectivity index (χ4v) is 15.9. The molecule has 12 fully saturated rings. The van der Waals surface area contributed by atoms with Crippen molar-refractivity contribution in [2.24, 2.45) is 5.73 Å². The van der Waals surface area contributed by atoms with Gasteiger partial charge in [0.05, 0.1) is 0 Å². The number of halogens is 6. The third-order valence-corrected chi connectivity index (χ3v) is 22.8. The van der Waals surface area contributed by atoms with Crippen LogP contribution in [0.25, 0.3) is 0 Å². The van der Waals surface area contributed by atoms with Gasteiger partial charge in [0.15, 0.2) is 0 Å². The van der Waals surface area contributed by atoms with Gasteiger partial charge in [0.1, 0.15) is 0 Å². The molecule has 1 nitrogen and oxygen atoms in total. The van der Waals surface area contributed by atoms with E-state index in [0.29, 0.717) is 6.04 Å². The topological polar surface area (TPSA) is 26.0 Å². The van der Waals surface area contributed by atoms with Gasteiger partial charge in [-0.3, -0.25) is 0 Å². The summed E-state index contributed by atoms with van der Waals surface area (Å²) in [5, 5.41) is 0. The van der Waals surface area contributed by atoms with Crippen molar-refractivity contribution < 1.29 is 102 Å². The molecule has 0 aliphatic heterocycles. The molecular formula is C72H151Fe6I6N. The maximum Gasteiger partial charge on any atom is 2.00 e. The third-order valence-electron chi connectivity index (χ3n) is 15.4. The van der Waals surface area contributed by atoms with Gasteiger partial charge < -0.3 is 94.9 Å². The van der Waals surface area contributed by atoms with Crippen LogP contribution in [0.3, 0.4) is 0 Å². The van der Waals surface area contributed by atoms with Gasteiger partial charge in [0.25, 0.3) is 0 Å². The second kappa shape index (κ2) is 113. The molecule has 0 aromatic carbocycles. The van der Waals surface area contributed by atoms with Crippen molar-refractivity contribution in [2.45, 2.75) is 370 Å². The summed E-state index contributed by atoms with van der Waals surface area (Å²) in [5.74, 6) is 0. The Hall–Kier alpha value is 7.46. The van der Waals surface area contributed by atoms with Crippen molar-refractivity contribution in [2.75, 3.05) is 0 Å². The summed E-state index contributed by atoms with van der Waals surface area (Å²) in [6.45, 7) is 0. The Bertz CT molecular complexity index is 693. The molecule has 0 unspecified atom stereocenters. The first kappa shape index (κ1) is 139. The van der Waals surface area contributed by atoms with E-state index in [-0.39, 0.29) is 192 Å². The van der Waals surface area contributed by atoms with Gasteiger partial charge in [-0.05, 0) is 89.9 Å². The molecule has 12 aliphatic rings. The van der Waals surface area contributed by atoms with E-state index in [9.17, 15) is 0 Å². The quantitative estimate of drug-likeness (QED) is 0.111. The van der Waals surface area contributed by atoms with Crippen LogP contribution >= 0.6 is 136 Å². The molecule has 0 aromatic rings. The zero-order valence-electron chi connectivity index (χ0n) is 58.5. The van der Waals surface area contributed by atoms with Crippen LogP contribution in [0.5, 0.6) is 0 Å². The summed E-state index contributed by atoms with van der Waals surface area (Å²) in [4.78, 5) is 0. The van der Waals surface area contributed by atoms with E-state index in [1.165, 1.54) is 340 Å². The number of hydrogen-bond acceptors (Lipinski definition) is 1. The van der Waals surface area contributed by atoms with Gasteiger partial charge in [-0.1, -0.05) is 386 Å². The Kier molecular flexibility index (Phi) is 185. The average molecular weight is 2130 g/mol. The molecule has 0 atom stereocenters. The summed E-state index contributed by atoms with van der Waals surface area (Å²) < 4.78 is 6.10. The summed E-state index contributed by atoms with van der Waals surface area (Å²) in [7, 11) is 0. The van der Waals surface area contributed by atoms with Gasteiger partial charge in [0, 0.05) is 29.6 Å². The number of alkyl halides is 6. The molecule has 0 spiro atoms. The SMILES string of the molecule is C1CCCC1.C1CCCC1.C1CCCC1.C1CCCC1.C1CCCC1.IC1CCCC1.IC1CCCC1.IC1CCCC1.IC1CCCC1.IC1CCCC1.IC1CCCC1.NC1CCCC1.[CH3-].[CH3-].[CH3-].[CH3-].[CH3-].[CH3-].[CH3-].[CH3-].[CH3-].[CH3-].[CH3-].[CH3-].[Fe+2].[Fe+2].[Fe+2].[Fe+2].[Fe+2].[Fe+2]. The molecule has 85 heavy (non-hydrogen) atoms. The second-order valence-corrected chi connectivity index (χ2v) is 32.7. The van der Waals surface area contributed by atoms with E-state index >= 15 is 0 Å². The third kappa shape index (κ3) is 110. The van der Waals surface area contributed by atoms with Crippen LogP contribution in [-0.2, 0) is 102 Å². The Labute approximate surface area is 692 Å². The van der Waals surface area contributed by atoms with E-state index in [1.54, 1.807) is 0 Å². The van der Waals surface area contributed by atoms with E-state index in [4.69, 9.17) is 5.73 Å². The van der Waals surface area contributed by atoms with E-state index in [0.717, 1.165) is 23.5 Å². The first-order valence-electron chi connectivity index (χ1n) is 30.4. The monoisotopic (exact) mass is 2130 g/mol. The van der Waals surface area contributed by atoms with E-state index in [1.807, 2.05) is 0 Å². The molecule has 0 amide bonds. The minimum absolute atomic E-state index is 0. The molecule has 12 aliphatic carbocycles. The van der Waals surface area contributed by atoms with Crippen molar-refractivity contribution in [1.29, 1.82) is 0 Å². The first-order valence-corrected chi connectivity index (χ1v) is 37.8. The number of rotatable bonds is 0. The van der Waals surface area contributed by atoms with Crippen molar-refractivity contribution in [1.82, 2.24) is 0 Å². The zero-order chi connectivity index (χ0) is 48.5. The zero-order valence-corrected chi connectivity index (χ0v) is 78.1. The molecule has 0 bridgehead atoms. The molecule has 2 N–H and O–H groups in total. The largest absolute Gasteiger partial charge is 2.00 e. The summed E-state index contributed by atoms with van der Waals surface area (Å²) in [6.07, 6.45) is 78.2. The van der Waals surface area contributed by atoms with Crippen LogP contribution in [-0.4, -0.2) is 29.6 Å². The Balaban J connectivity index is -0.0000000353. The molecule has 0 saturated heterocycles. The molecule has 0 heterocycles. The summed E-state index contributed by atoms with van der Waals surface area (Å²) in [5.41, 5.74) is 5.53. The van der Waals surface area contributed by atoms with Crippen molar-refractivity contribution in [3.05, 3.63) is 89.1 Å². The Morgan fingerprint density at radius 1 is 0.141 bits per heavy atom. The summed E-state index contributed by atoms with van der Waals surface area (Å²) >= 11 is 15.2. The van der Waals surface area contributed by atoms with Crippen molar-refractivity contribution >= 4 is 136 Å². The van der Waals surface area contributed by atoms with E-state index < -0.39 is 0 Å². The molecule has 0 radical (unpaired) electrons. The normalized spacial score (nSPS) is 19.7. The Morgan fingerprint density at radius 3 is 0.247 bits per heavy atom.